The molecule has 1 heterocycles. The number of aryl methyl sites for hydroxylation is 1. The molecule has 0 fully saturated rings. The molecule has 0 aliphatic rings. The number of nitrogens with zero attached hydrogens (tertiary/aromatic N) is 2. The first-order chi connectivity index (χ1) is 11.9. The van der Waals surface area contributed by atoms with Crippen molar-refractivity contribution in [2.75, 3.05) is 18.1 Å². The Hall–Kier alpha value is -2.51. The van der Waals surface area contributed by atoms with E-state index in [-0.39, 0.29) is 11.4 Å². The minimum Gasteiger partial charge on any atom is -0.387 e. The topological polar surface area (TPSA) is 92.2 Å². The van der Waals surface area contributed by atoms with E-state index >= 15 is 0 Å². The van der Waals surface area contributed by atoms with Gasteiger partial charge < -0.3 is 10.4 Å². The van der Waals surface area contributed by atoms with Crippen LogP contribution in [-0.2, 0) is 9.84 Å². The summed E-state index contributed by atoms with van der Waals surface area (Å²) in [6, 6.07) is 12.3. The first-order valence-corrected chi connectivity index (χ1v) is 9.67. The monoisotopic (exact) mass is 357 g/mol. The highest BCUT2D eigenvalue weighted by Crippen LogP contribution is 2.24. The van der Waals surface area contributed by atoms with Crippen LogP contribution in [0.5, 0.6) is 0 Å². The van der Waals surface area contributed by atoms with Crippen LogP contribution in [0, 0.1) is 6.92 Å². The molecule has 25 heavy (non-hydrogen) atoms. The minimum atomic E-state index is -3.32. The van der Waals surface area contributed by atoms with Crippen molar-refractivity contribution in [2.24, 2.45) is 0 Å². The molecule has 0 aliphatic heterocycles. The number of fused-ring (bicyclic) bond motifs is 1. The zero-order valence-corrected chi connectivity index (χ0v) is 14.8. The van der Waals surface area contributed by atoms with Crippen LogP contribution >= 0.6 is 0 Å². The number of aliphatic hydroxyl groups excluding tert-OH is 1. The maximum Gasteiger partial charge on any atom is 0.175 e. The van der Waals surface area contributed by atoms with E-state index in [1.807, 2.05) is 31.2 Å². The van der Waals surface area contributed by atoms with E-state index in [4.69, 9.17) is 0 Å². The molecule has 0 radical (unpaired) electrons. The van der Waals surface area contributed by atoms with Gasteiger partial charge in [0.15, 0.2) is 9.84 Å². The van der Waals surface area contributed by atoms with Gasteiger partial charge in [-0.1, -0.05) is 24.3 Å². The number of sulfone groups is 1. The largest absolute Gasteiger partial charge is 0.387 e. The van der Waals surface area contributed by atoms with Gasteiger partial charge in [0.25, 0.3) is 0 Å². The van der Waals surface area contributed by atoms with Crippen LogP contribution in [0.25, 0.3) is 10.9 Å². The van der Waals surface area contributed by atoms with Crippen LogP contribution in [0.2, 0.25) is 0 Å². The number of benzene rings is 2. The fourth-order valence-electron chi connectivity index (χ4n) is 2.67. The normalized spacial score (nSPS) is 12.9. The Morgan fingerprint density at radius 3 is 2.64 bits per heavy atom. The van der Waals surface area contributed by atoms with Gasteiger partial charge in [-0.3, -0.25) is 0 Å². The summed E-state index contributed by atoms with van der Waals surface area (Å²) in [5.41, 5.74) is 2.48. The molecule has 1 atom stereocenters. The highest BCUT2D eigenvalue weighted by atomic mass is 32.2. The molecular formula is C18H19N3O3S. The number of hydrogen-bond donors (Lipinski definition) is 2. The summed E-state index contributed by atoms with van der Waals surface area (Å²) < 4.78 is 23.6. The second-order valence-electron chi connectivity index (χ2n) is 5.93. The summed E-state index contributed by atoms with van der Waals surface area (Å²) >= 11 is 0. The zero-order valence-electron chi connectivity index (χ0n) is 14.0. The predicted molar refractivity (Wildman–Crippen MR) is 97.3 cm³/mol. The molecule has 1 aromatic heterocycles. The number of hydrogen-bond acceptors (Lipinski definition) is 6. The van der Waals surface area contributed by atoms with Crippen molar-refractivity contribution in [3.8, 4) is 0 Å². The summed E-state index contributed by atoms with van der Waals surface area (Å²) in [7, 11) is -3.32. The molecule has 3 aromatic rings. The van der Waals surface area contributed by atoms with Gasteiger partial charge in [-0.15, -0.1) is 0 Å². The van der Waals surface area contributed by atoms with Crippen molar-refractivity contribution in [1.29, 1.82) is 0 Å². The number of aliphatic hydroxyl groups is 1. The molecule has 6 nitrogen and oxygen atoms in total. The highest BCUT2D eigenvalue weighted by molar-refractivity contribution is 7.90. The molecule has 0 amide bonds. The predicted octanol–water partition coefficient (Wildman–Crippen LogP) is 2.49. The Labute approximate surface area is 146 Å². The quantitative estimate of drug-likeness (QED) is 0.729. The second-order valence-corrected chi connectivity index (χ2v) is 7.94. The highest BCUT2D eigenvalue weighted by Gasteiger charge is 2.13. The summed E-state index contributed by atoms with van der Waals surface area (Å²) in [4.78, 5) is 8.55. The van der Waals surface area contributed by atoms with E-state index in [1.54, 1.807) is 12.1 Å². The average Bonchev–Trinajstić information content (AvgIpc) is 2.58. The van der Waals surface area contributed by atoms with E-state index in [9.17, 15) is 13.5 Å². The van der Waals surface area contributed by atoms with E-state index in [0.29, 0.717) is 16.7 Å². The van der Waals surface area contributed by atoms with Gasteiger partial charge in [-0.25, -0.2) is 18.4 Å². The van der Waals surface area contributed by atoms with Gasteiger partial charge in [-0.05, 0) is 36.2 Å². The minimum absolute atomic E-state index is 0.206. The SMILES string of the molecule is Cc1ccccc1C(O)CNc1ncnc2ccc(S(C)(=O)=O)cc12. The van der Waals surface area contributed by atoms with Crippen LogP contribution in [-0.4, -0.2) is 36.3 Å². The Balaban J connectivity index is 1.90. The van der Waals surface area contributed by atoms with Gasteiger partial charge in [0.05, 0.1) is 16.5 Å². The van der Waals surface area contributed by atoms with Crippen molar-refractivity contribution in [1.82, 2.24) is 9.97 Å². The van der Waals surface area contributed by atoms with Crippen LogP contribution in [0.15, 0.2) is 53.7 Å². The third kappa shape index (κ3) is 3.78. The van der Waals surface area contributed by atoms with E-state index in [1.165, 1.54) is 12.4 Å². The maximum absolute atomic E-state index is 11.8. The lowest BCUT2D eigenvalue weighted by atomic mass is 10.0. The van der Waals surface area contributed by atoms with E-state index in [0.717, 1.165) is 17.4 Å². The summed E-state index contributed by atoms with van der Waals surface area (Å²) in [6.45, 7) is 2.19. The average molecular weight is 357 g/mol. The van der Waals surface area contributed by atoms with Crippen LogP contribution in [0.1, 0.15) is 17.2 Å². The van der Waals surface area contributed by atoms with Crippen LogP contribution in [0.4, 0.5) is 5.82 Å². The molecule has 1 unspecified atom stereocenters. The number of aromatic nitrogens is 2. The number of nitrogens with one attached hydrogen (secondary N) is 1. The number of rotatable bonds is 5. The van der Waals surface area contributed by atoms with Crippen LogP contribution in [0.3, 0.4) is 0 Å². The standard InChI is InChI=1S/C18H19N3O3S/c1-12-5-3-4-6-14(12)17(22)10-19-18-15-9-13(25(2,23)24)7-8-16(15)20-11-21-18/h3-9,11,17,22H,10H2,1-2H3,(H,19,20,21). The lowest BCUT2D eigenvalue weighted by Gasteiger charge is -2.15. The fourth-order valence-corrected chi connectivity index (χ4v) is 3.32. The summed E-state index contributed by atoms with van der Waals surface area (Å²) in [6.07, 6.45) is 1.86. The van der Waals surface area contributed by atoms with Crippen molar-refractivity contribution in [2.45, 2.75) is 17.9 Å². The lowest BCUT2D eigenvalue weighted by molar-refractivity contribution is 0.191. The molecule has 0 saturated carbocycles. The van der Waals surface area contributed by atoms with E-state index in [2.05, 4.69) is 15.3 Å². The molecule has 0 bridgehead atoms. The molecular weight excluding hydrogens is 338 g/mol. The maximum atomic E-state index is 11.8. The Kier molecular flexibility index (Phi) is 4.69. The van der Waals surface area contributed by atoms with Crippen molar-refractivity contribution < 1.29 is 13.5 Å². The van der Waals surface area contributed by atoms with Gasteiger partial charge in [-0.2, -0.15) is 0 Å². The van der Waals surface area contributed by atoms with Gasteiger partial charge in [0.2, 0.25) is 0 Å². The molecule has 0 aliphatic carbocycles. The zero-order chi connectivity index (χ0) is 18.0. The van der Waals surface area contributed by atoms with Crippen molar-refractivity contribution in [3.63, 3.8) is 0 Å². The van der Waals surface area contributed by atoms with Gasteiger partial charge >= 0.3 is 0 Å². The molecule has 7 heteroatoms. The van der Waals surface area contributed by atoms with Gasteiger partial charge in [0, 0.05) is 18.2 Å². The lowest BCUT2D eigenvalue weighted by Crippen LogP contribution is -2.14. The third-order valence-corrected chi connectivity index (χ3v) is 5.16. The van der Waals surface area contributed by atoms with Gasteiger partial charge in [0.1, 0.15) is 12.1 Å². The molecule has 2 N–H and O–H groups in total. The Morgan fingerprint density at radius 2 is 1.92 bits per heavy atom. The molecule has 130 valence electrons. The summed E-state index contributed by atoms with van der Waals surface area (Å²) in [5, 5.41) is 14.1. The molecule has 2 aromatic carbocycles. The Morgan fingerprint density at radius 1 is 1.16 bits per heavy atom. The third-order valence-electron chi connectivity index (χ3n) is 4.05. The molecule has 0 spiro atoms. The van der Waals surface area contributed by atoms with Crippen molar-refractivity contribution >= 4 is 26.6 Å². The second kappa shape index (κ2) is 6.78. The van der Waals surface area contributed by atoms with E-state index < -0.39 is 15.9 Å². The summed E-state index contributed by atoms with van der Waals surface area (Å²) in [5.74, 6) is 0.489. The van der Waals surface area contributed by atoms with Crippen molar-refractivity contribution in [3.05, 3.63) is 59.9 Å². The first-order valence-electron chi connectivity index (χ1n) is 7.78. The molecule has 0 saturated heterocycles. The number of anilines is 1. The molecule has 3 rings (SSSR count). The van der Waals surface area contributed by atoms with Crippen LogP contribution < -0.4 is 5.32 Å². The smallest absolute Gasteiger partial charge is 0.175 e. The first kappa shape index (κ1) is 17.3. The fraction of sp³-hybridized carbons (Fsp3) is 0.222. The Bertz CT molecular complexity index is 1020.